The van der Waals surface area contributed by atoms with E-state index in [2.05, 4.69) is 10.6 Å². The van der Waals surface area contributed by atoms with Gasteiger partial charge in [0, 0.05) is 31.9 Å². The van der Waals surface area contributed by atoms with E-state index < -0.39 is 16.4 Å². The highest BCUT2D eigenvalue weighted by atomic mass is 16.6. The van der Waals surface area contributed by atoms with E-state index in [1.165, 1.54) is 22.9 Å². The molecule has 0 spiro atoms. The number of para-hydroxylation sites is 1. The summed E-state index contributed by atoms with van der Waals surface area (Å²) in [5.74, 6) is -0.612. The lowest BCUT2D eigenvalue weighted by Crippen LogP contribution is -2.23. The van der Waals surface area contributed by atoms with E-state index in [0.717, 1.165) is 0 Å². The number of nitrogens with one attached hydrogen (secondary N) is 2. The van der Waals surface area contributed by atoms with Crippen molar-refractivity contribution in [2.45, 2.75) is 6.92 Å². The Morgan fingerprint density at radius 1 is 1.14 bits per heavy atom. The molecule has 0 aliphatic heterocycles. The molecule has 2 aromatic carbocycles. The molecule has 0 atom stereocenters. The Hall–Kier alpha value is -3.88. The molecule has 1 heterocycles. The van der Waals surface area contributed by atoms with Crippen molar-refractivity contribution < 1.29 is 9.72 Å². The predicted octanol–water partition coefficient (Wildman–Crippen LogP) is 2.69. The van der Waals surface area contributed by atoms with Crippen molar-refractivity contribution in [1.29, 1.82) is 0 Å². The molecule has 9 heteroatoms. The molecule has 0 saturated carbocycles. The molecule has 1 amide bonds. The summed E-state index contributed by atoms with van der Waals surface area (Å²) in [6.45, 7) is 1.71. The number of hydrogen-bond donors (Lipinski definition) is 2. The first-order valence-corrected chi connectivity index (χ1v) is 8.46. The van der Waals surface area contributed by atoms with Crippen molar-refractivity contribution in [1.82, 2.24) is 9.36 Å². The number of nitro groups is 1. The van der Waals surface area contributed by atoms with Crippen molar-refractivity contribution in [3.8, 4) is 5.69 Å². The third kappa shape index (κ3) is 3.25. The van der Waals surface area contributed by atoms with Crippen LogP contribution in [0.1, 0.15) is 16.1 Å². The van der Waals surface area contributed by atoms with E-state index in [1.807, 2.05) is 18.2 Å². The minimum absolute atomic E-state index is 0.0746. The highest BCUT2D eigenvalue weighted by Crippen LogP contribution is 2.23. The number of benzene rings is 2. The number of nitrogens with zero attached hydrogens (tertiary/aromatic N) is 3. The number of anilines is 2. The zero-order valence-electron chi connectivity index (χ0n) is 15.6. The van der Waals surface area contributed by atoms with Gasteiger partial charge in [-0.15, -0.1) is 0 Å². The molecule has 0 bridgehead atoms. The van der Waals surface area contributed by atoms with Gasteiger partial charge in [-0.25, -0.2) is 4.68 Å². The SMILES string of the molecule is CNc1ccc([N+](=O)[O-])cc1C(=O)Nc1c(C)n(C)n(-c2ccccc2)c1=O. The molecule has 1 aromatic heterocycles. The third-order valence-electron chi connectivity index (χ3n) is 4.52. The molecule has 2 N–H and O–H groups in total. The average molecular weight is 381 g/mol. The molecule has 0 radical (unpaired) electrons. The Balaban J connectivity index is 2.04. The molecule has 0 fully saturated rings. The average Bonchev–Trinajstić information content (AvgIpc) is 2.91. The smallest absolute Gasteiger partial charge is 0.295 e. The van der Waals surface area contributed by atoms with Gasteiger partial charge >= 0.3 is 0 Å². The molecule has 3 aromatic rings. The monoisotopic (exact) mass is 381 g/mol. The van der Waals surface area contributed by atoms with Crippen LogP contribution in [0.3, 0.4) is 0 Å². The highest BCUT2D eigenvalue weighted by Gasteiger charge is 2.21. The molecule has 0 aliphatic rings. The Morgan fingerprint density at radius 2 is 1.82 bits per heavy atom. The van der Waals surface area contributed by atoms with Gasteiger partial charge in [0.25, 0.3) is 17.2 Å². The van der Waals surface area contributed by atoms with Gasteiger partial charge in [-0.1, -0.05) is 18.2 Å². The standard InChI is InChI=1S/C19H19N5O4/c1-12-17(19(26)23(22(12)3)13-7-5-4-6-8-13)21-18(25)15-11-14(24(27)28)9-10-16(15)20-2/h4-11,20H,1-3H3,(H,21,25). The molecule has 3 rings (SSSR count). The van der Waals surface area contributed by atoms with Gasteiger partial charge < -0.3 is 10.6 Å². The Labute approximate surface area is 160 Å². The largest absolute Gasteiger partial charge is 0.387 e. The van der Waals surface area contributed by atoms with Crippen molar-refractivity contribution in [3.63, 3.8) is 0 Å². The minimum Gasteiger partial charge on any atom is -0.387 e. The van der Waals surface area contributed by atoms with E-state index >= 15 is 0 Å². The number of rotatable bonds is 5. The Kier molecular flexibility index (Phi) is 4.99. The van der Waals surface area contributed by atoms with Crippen molar-refractivity contribution in [3.05, 3.63) is 80.3 Å². The molecule has 0 saturated heterocycles. The molecule has 0 aliphatic carbocycles. The number of carbonyl (C=O) groups is 1. The summed E-state index contributed by atoms with van der Waals surface area (Å²) in [6.07, 6.45) is 0. The first kappa shape index (κ1) is 18.9. The topological polar surface area (TPSA) is 111 Å². The van der Waals surface area contributed by atoms with Crippen LogP contribution in [0.4, 0.5) is 17.1 Å². The van der Waals surface area contributed by atoms with Crippen LogP contribution < -0.4 is 16.2 Å². The molecular weight excluding hydrogens is 362 g/mol. The number of hydrogen-bond acceptors (Lipinski definition) is 5. The van der Waals surface area contributed by atoms with Crippen LogP contribution in [0.5, 0.6) is 0 Å². The van der Waals surface area contributed by atoms with E-state index in [0.29, 0.717) is 17.1 Å². The lowest BCUT2D eigenvalue weighted by Gasteiger charge is -2.09. The van der Waals surface area contributed by atoms with Crippen LogP contribution >= 0.6 is 0 Å². The van der Waals surface area contributed by atoms with Gasteiger partial charge in [0.15, 0.2) is 0 Å². The van der Waals surface area contributed by atoms with Gasteiger partial charge in [0.05, 0.1) is 21.9 Å². The number of carbonyl (C=O) groups excluding carboxylic acids is 1. The lowest BCUT2D eigenvalue weighted by atomic mass is 10.1. The molecular formula is C19H19N5O4. The first-order valence-electron chi connectivity index (χ1n) is 8.46. The molecule has 28 heavy (non-hydrogen) atoms. The van der Waals surface area contributed by atoms with Gasteiger partial charge in [0.2, 0.25) is 0 Å². The Morgan fingerprint density at radius 3 is 2.43 bits per heavy atom. The maximum absolute atomic E-state index is 12.9. The van der Waals surface area contributed by atoms with Crippen LogP contribution in [0.15, 0.2) is 53.3 Å². The molecule has 9 nitrogen and oxygen atoms in total. The summed E-state index contributed by atoms with van der Waals surface area (Å²) in [6, 6.07) is 13.0. The van der Waals surface area contributed by atoms with Crippen molar-refractivity contribution in [2.24, 2.45) is 7.05 Å². The second-order valence-corrected chi connectivity index (χ2v) is 6.13. The first-order chi connectivity index (χ1) is 13.3. The zero-order chi connectivity index (χ0) is 20.4. The molecule has 0 unspecified atom stereocenters. The van der Waals surface area contributed by atoms with Gasteiger partial charge in [-0.2, -0.15) is 0 Å². The van der Waals surface area contributed by atoms with Crippen molar-refractivity contribution in [2.75, 3.05) is 17.7 Å². The van der Waals surface area contributed by atoms with Crippen LogP contribution in [0, 0.1) is 17.0 Å². The third-order valence-corrected chi connectivity index (χ3v) is 4.52. The van der Waals surface area contributed by atoms with Crippen LogP contribution in [-0.2, 0) is 7.05 Å². The van der Waals surface area contributed by atoms with Gasteiger partial charge in [-0.3, -0.25) is 24.4 Å². The maximum atomic E-state index is 12.9. The zero-order valence-corrected chi connectivity index (χ0v) is 15.6. The quantitative estimate of drug-likeness (QED) is 0.521. The van der Waals surface area contributed by atoms with Crippen molar-refractivity contribution >= 4 is 23.0 Å². The normalized spacial score (nSPS) is 10.5. The fourth-order valence-electron chi connectivity index (χ4n) is 2.94. The number of nitro benzene ring substituents is 1. The fourth-order valence-corrected chi connectivity index (χ4v) is 2.94. The molecule has 144 valence electrons. The van der Waals surface area contributed by atoms with Crippen LogP contribution in [0.25, 0.3) is 5.69 Å². The number of aromatic nitrogens is 2. The lowest BCUT2D eigenvalue weighted by molar-refractivity contribution is -0.384. The summed E-state index contributed by atoms with van der Waals surface area (Å²) in [5.41, 5.74) is 1.21. The highest BCUT2D eigenvalue weighted by molar-refractivity contribution is 6.08. The van der Waals surface area contributed by atoms with E-state index in [-0.39, 0.29) is 16.9 Å². The van der Waals surface area contributed by atoms with Gasteiger partial charge in [-0.05, 0) is 25.1 Å². The second-order valence-electron chi connectivity index (χ2n) is 6.13. The summed E-state index contributed by atoms with van der Waals surface area (Å²) in [5, 5.41) is 16.5. The summed E-state index contributed by atoms with van der Waals surface area (Å²) >= 11 is 0. The van der Waals surface area contributed by atoms with E-state index in [1.54, 1.807) is 37.8 Å². The van der Waals surface area contributed by atoms with E-state index in [4.69, 9.17) is 0 Å². The predicted molar refractivity (Wildman–Crippen MR) is 106 cm³/mol. The fraction of sp³-hybridized carbons (Fsp3) is 0.158. The minimum atomic E-state index is -0.612. The van der Waals surface area contributed by atoms with Gasteiger partial charge in [0.1, 0.15) is 5.69 Å². The second kappa shape index (κ2) is 7.39. The summed E-state index contributed by atoms with van der Waals surface area (Å²) in [7, 11) is 3.32. The van der Waals surface area contributed by atoms with E-state index in [9.17, 15) is 19.7 Å². The van der Waals surface area contributed by atoms with Crippen LogP contribution in [-0.4, -0.2) is 27.2 Å². The summed E-state index contributed by atoms with van der Waals surface area (Å²) in [4.78, 5) is 36.2. The maximum Gasteiger partial charge on any atom is 0.295 e. The summed E-state index contributed by atoms with van der Waals surface area (Å²) < 4.78 is 3.08. The Bertz CT molecular complexity index is 1120. The number of amides is 1. The number of non-ortho nitro benzene ring substituents is 1. The van der Waals surface area contributed by atoms with Crippen LogP contribution in [0.2, 0.25) is 0 Å².